The normalized spacial score (nSPS) is 9.05. The van der Waals surface area contributed by atoms with Gasteiger partial charge in [-0.25, -0.2) is 0 Å². The molecule has 0 unspecified atom stereocenters. The summed E-state index contributed by atoms with van der Waals surface area (Å²) in [5.74, 6) is -1.62. The van der Waals surface area contributed by atoms with Crippen LogP contribution in [-0.4, -0.2) is 23.6 Å². The number of carboxylic acids is 2. The quantitative estimate of drug-likeness (QED) is 0.0970. The molecule has 0 saturated heterocycles. The third-order valence-corrected chi connectivity index (χ3v) is 4.51. The lowest BCUT2D eigenvalue weighted by molar-refractivity contribution is -0.256. The second-order valence-corrected chi connectivity index (χ2v) is 7.46. The molecule has 12 N–H and O–H groups in total. The van der Waals surface area contributed by atoms with Gasteiger partial charge in [-0.05, 0) is 59.7 Å². The van der Waals surface area contributed by atoms with Crippen LogP contribution in [0.4, 0.5) is 11.4 Å². The molecule has 0 aliphatic heterocycles. The summed E-state index contributed by atoms with van der Waals surface area (Å²) in [7, 11) is 0. The molecule has 0 radical (unpaired) electrons. The van der Waals surface area contributed by atoms with E-state index >= 15 is 0 Å². The molecular formula is C28H30N6O4. The van der Waals surface area contributed by atoms with E-state index in [0.717, 1.165) is 11.1 Å². The van der Waals surface area contributed by atoms with Crippen molar-refractivity contribution in [3.05, 3.63) is 131 Å². The lowest BCUT2D eigenvalue weighted by Crippen LogP contribution is -2.46. The number of hydrogen-bond acceptors (Lipinski definition) is 6. The molecular weight excluding hydrogens is 484 g/mol. The smallest absolute Gasteiger partial charge is 0.270 e. The van der Waals surface area contributed by atoms with Gasteiger partial charge in [0, 0.05) is 11.4 Å². The molecule has 0 saturated carbocycles. The summed E-state index contributed by atoms with van der Waals surface area (Å²) in [5, 5.41) is 30.9. The Kier molecular flexibility index (Phi) is 12.9. The Morgan fingerprint density at radius 1 is 0.474 bits per heavy atom. The average Bonchev–Trinajstić information content (AvgIpc) is 2.91. The Hall–Kier alpha value is -5.64. The van der Waals surface area contributed by atoms with Gasteiger partial charge >= 0.3 is 0 Å². The maximum atomic E-state index is 10.2. The molecule has 10 nitrogen and oxygen atoms in total. The van der Waals surface area contributed by atoms with Gasteiger partial charge in [0.15, 0.2) is 0 Å². The number of carboxylic acid groups (broad SMARTS) is 2. The van der Waals surface area contributed by atoms with E-state index in [1.807, 2.05) is 60.7 Å². The maximum absolute atomic E-state index is 10.2. The molecule has 4 aromatic rings. The van der Waals surface area contributed by atoms with Crippen molar-refractivity contribution in [1.82, 2.24) is 0 Å². The molecule has 0 aromatic heterocycles. The molecule has 0 aliphatic carbocycles. The summed E-state index contributed by atoms with van der Waals surface area (Å²) in [6, 6.07) is 30.6. The summed E-state index contributed by atoms with van der Waals surface area (Å²) >= 11 is 0. The Balaban J connectivity index is 0.000000254. The summed E-state index contributed by atoms with van der Waals surface area (Å²) in [6.07, 6.45) is 0. The Bertz CT molecular complexity index is 1210. The highest BCUT2D eigenvalue weighted by atomic mass is 16.4. The van der Waals surface area contributed by atoms with Crippen LogP contribution >= 0.6 is 0 Å². The minimum atomic E-state index is -1.18. The van der Waals surface area contributed by atoms with Crippen molar-refractivity contribution in [2.24, 2.45) is 11.5 Å². The van der Waals surface area contributed by atoms with Gasteiger partial charge in [-0.2, -0.15) is 0 Å². The predicted octanol–water partition coefficient (Wildman–Crippen LogP) is -2.43. The molecule has 0 spiro atoms. The number of anilines is 2. The number of benzene rings is 4. The van der Waals surface area contributed by atoms with Crippen LogP contribution in [0.5, 0.6) is 0 Å². The van der Waals surface area contributed by atoms with E-state index in [-0.39, 0.29) is 11.1 Å². The fraction of sp³-hybridized carbons (Fsp3) is 0. The zero-order chi connectivity index (χ0) is 28.5. The first-order valence-corrected chi connectivity index (χ1v) is 11.0. The third kappa shape index (κ3) is 12.2. The third-order valence-electron chi connectivity index (χ3n) is 4.51. The molecule has 4 rings (SSSR count). The SMILES string of the molecule is NC(=[NH2+])c1ccccc1.NC(=[NH2+])c1ccccc1.Nc1ccc(C(=O)[O-])cc1.Nc1ccc(C(=O)[O-])cc1. The number of rotatable bonds is 4. The number of carbonyl (C=O) groups is 2. The van der Waals surface area contributed by atoms with E-state index in [1.54, 1.807) is 0 Å². The number of nitrogen functional groups attached to an aromatic ring is 2. The second kappa shape index (κ2) is 16.1. The zero-order valence-corrected chi connectivity index (χ0v) is 20.5. The number of hydrogen-bond donors (Lipinski definition) is 6. The molecule has 0 atom stereocenters. The summed E-state index contributed by atoms with van der Waals surface area (Å²) < 4.78 is 0. The lowest BCUT2D eigenvalue weighted by Gasteiger charge is -2.00. The fourth-order valence-electron chi connectivity index (χ4n) is 2.50. The van der Waals surface area contributed by atoms with Crippen molar-refractivity contribution in [1.29, 1.82) is 0 Å². The Morgan fingerprint density at radius 3 is 0.921 bits per heavy atom. The number of amidine groups is 2. The maximum Gasteiger partial charge on any atom is 0.270 e. The van der Waals surface area contributed by atoms with Gasteiger partial charge in [0.25, 0.3) is 11.7 Å². The van der Waals surface area contributed by atoms with E-state index in [9.17, 15) is 19.8 Å². The van der Waals surface area contributed by atoms with Crippen LogP contribution in [0.3, 0.4) is 0 Å². The van der Waals surface area contributed by atoms with Crippen molar-refractivity contribution < 1.29 is 30.6 Å². The standard InChI is InChI=1S/2C7H8N2.2C7H7NO2/c2*8-7(9)6-4-2-1-3-5-6;2*8-6-3-1-5(2-4-6)7(9)10/h2*1-5H,(H3,8,9);2*1-4H,8H2,(H,9,10). The van der Waals surface area contributed by atoms with E-state index < -0.39 is 11.9 Å². The minimum absolute atomic E-state index is 0.147. The van der Waals surface area contributed by atoms with Crippen molar-refractivity contribution >= 4 is 35.0 Å². The van der Waals surface area contributed by atoms with Gasteiger partial charge in [-0.15, -0.1) is 0 Å². The fourth-order valence-corrected chi connectivity index (χ4v) is 2.50. The van der Waals surface area contributed by atoms with Gasteiger partial charge in [-0.3, -0.25) is 22.3 Å². The monoisotopic (exact) mass is 514 g/mol. The van der Waals surface area contributed by atoms with Crippen molar-refractivity contribution in [3.63, 3.8) is 0 Å². The molecule has 0 fully saturated rings. The lowest BCUT2D eigenvalue weighted by atomic mass is 10.2. The number of nitrogens with two attached hydrogens (primary N) is 6. The van der Waals surface area contributed by atoms with E-state index in [4.69, 9.17) is 33.8 Å². The van der Waals surface area contributed by atoms with Crippen LogP contribution in [0.15, 0.2) is 109 Å². The first-order chi connectivity index (χ1) is 18.0. The molecule has 4 aromatic carbocycles. The Morgan fingerprint density at radius 2 is 0.737 bits per heavy atom. The van der Waals surface area contributed by atoms with E-state index in [0.29, 0.717) is 23.0 Å². The first kappa shape index (κ1) is 30.4. The van der Waals surface area contributed by atoms with Gasteiger partial charge < -0.3 is 31.3 Å². The van der Waals surface area contributed by atoms with Crippen molar-refractivity contribution in [2.45, 2.75) is 0 Å². The minimum Gasteiger partial charge on any atom is -0.545 e. The molecule has 196 valence electrons. The highest BCUT2D eigenvalue weighted by molar-refractivity contribution is 5.92. The summed E-state index contributed by atoms with van der Waals surface area (Å²) in [5.41, 5.74) is 24.4. The second-order valence-electron chi connectivity index (χ2n) is 7.46. The molecule has 0 bridgehead atoms. The summed E-state index contributed by atoms with van der Waals surface area (Å²) in [6.45, 7) is 0. The first-order valence-electron chi connectivity index (χ1n) is 11.0. The molecule has 10 heteroatoms. The highest BCUT2D eigenvalue weighted by Crippen LogP contribution is 2.04. The van der Waals surface area contributed by atoms with Crippen LogP contribution in [0, 0.1) is 0 Å². The topological polar surface area (TPSA) is 236 Å². The van der Waals surface area contributed by atoms with Gasteiger partial charge in [0.2, 0.25) is 0 Å². The van der Waals surface area contributed by atoms with E-state index in [1.165, 1.54) is 48.5 Å². The van der Waals surface area contributed by atoms with Crippen LogP contribution in [0.1, 0.15) is 31.8 Å². The largest absolute Gasteiger partial charge is 0.545 e. The molecule has 0 aliphatic rings. The van der Waals surface area contributed by atoms with Crippen LogP contribution < -0.4 is 44.0 Å². The molecule has 0 heterocycles. The molecule has 38 heavy (non-hydrogen) atoms. The average molecular weight is 515 g/mol. The van der Waals surface area contributed by atoms with Crippen LogP contribution in [-0.2, 0) is 0 Å². The zero-order valence-electron chi connectivity index (χ0n) is 20.5. The molecule has 0 amide bonds. The van der Waals surface area contributed by atoms with Crippen molar-refractivity contribution in [2.75, 3.05) is 11.5 Å². The van der Waals surface area contributed by atoms with Crippen molar-refractivity contribution in [3.8, 4) is 0 Å². The number of aromatic carboxylic acids is 2. The van der Waals surface area contributed by atoms with Crippen LogP contribution in [0.2, 0.25) is 0 Å². The van der Waals surface area contributed by atoms with E-state index in [2.05, 4.69) is 0 Å². The predicted molar refractivity (Wildman–Crippen MR) is 144 cm³/mol. The van der Waals surface area contributed by atoms with Crippen LogP contribution in [0.25, 0.3) is 0 Å². The Labute approximate surface area is 220 Å². The van der Waals surface area contributed by atoms with Gasteiger partial charge in [-0.1, -0.05) is 60.7 Å². The van der Waals surface area contributed by atoms with Gasteiger partial charge in [0.1, 0.15) is 0 Å². The summed E-state index contributed by atoms with van der Waals surface area (Å²) in [4.78, 5) is 20.3. The number of carbonyl (C=O) groups excluding carboxylic acids is 2. The highest BCUT2D eigenvalue weighted by Gasteiger charge is 1.96. The van der Waals surface area contributed by atoms with Gasteiger partial charge in [0.05, 0.1) is 23.1 Å².